The van der Waals surface area contributed by atoms with Crippen LogP contribution < -0.4 is 0 Å². The van der Waals surface area contributed by atoms with E-state index < -0.39 is 27.9 Å². The number of thiazole rings is 1. The molecular weight excluding hydrogens is 499 g/mol. The van der Waals surface area contributed by atoms with Gasteiger partial charge in [-0.2, -0.15) is 4.31 Å². The Bertz CT molecular complexity index is 1470. The van der Waals surface area contributed by atoms with Crippen molar-refractivity contribution in [2.45, 2.75) is 30.4 Å². The summed E-state index contributed by atoms with van der Waals surface area (Å²) in [5.74, 6) is -1.04. The van der Waals surface area contributed by atoms with Crippen molar-refractivity contribution in [3.8, 4) is 10.6 Å². The molecule has 2 heterocycles. The highest BCUT2D eigenvalue weighted by Gasteiger charge is 2.37. The first kappa shape index (κ1) is 24.3. The molecule has 1 unspecified atom stereocenters. The van der Waals surface area contributed by atoms with Gasteiger partial charge in [-0.05, 0) is 41.8 Å². The Hall–Kier alpha value is -3.40. The van der Waals surface area contributed by atoms with E-state index in [1.807, 2.05) is 60.0 Å². The predicted molar refractivity (Wildman–Crippen MR) is 135 cm³/mol. The molecule has 9 heteroatoms. The van der Waals surface area contributed by atoms with Crippen molar-refractivity contribution in [3.05, 3.63) is 107 Å². The van der Waals surface area contributed by atoms with Gasteiger partial charge in [-0.15, -0.1) is 11.3 Å². The molecule has 5 rings (SSSR count). The third kappa shape index (κ3) is 5.09. The van der Waals surface area contributed by atoms with Crippen molar-refractivity contribution in [2.75, 3.05) is 6.54 Å². The molecule has 184 valence electrons. The minimum absolute atomic E-state index is 0.00124. The fraction of sp³-hybridized carbons (Fsp3) is 0.185. The van der Waals surface area contributed by atoms with Crippen molar-refractivity contribution in [1.82, 2.24) is 9.29 Å². The fourth-order valence-electron chi connectivity index (χ4n) is 4.33. The SMILES string of the molecule is O=C(CC1c2ccccc2CCN1S(=O)(=O)c1ccc(F)cc1)OCc1csc(-c2ccccc2)n1. The number of halogens is 1. The number of esters is 1. The second kappa shape index (κ2) is 10.3. The highest BCUT2D eigenvalue weighted by molar-refractivity contribution is 7.89. The maximum absolute atomic E-state index is 13.5. The van der Waals surface area contributed by atoms with Crippen LogP contribution in [0.15, 0.2) is 89.1 Å². The van der Waals surface area contributed by atoms with E-state index in [1.54, 1.807) is 0 Å². The van der Waals surface area contributed by atoms with Crippen LogP contribution in [0.2, 0.25) is 0 Å². The quantitative estimate of drug-likeness (QED) is 0.305. The summed E-state index contributed by atoms with van der Waals surface area (Å²) >= 11 is 1.47. The lowest BCUT2D eigenvalue weighted by Crippen LogP contribution is -2.41. The Labute approximate surface area is 213 Å². The van der Waals surface area contributed by atoms with Gasteiger partial charge in [0.05, 0.1) is 23.1 Å². The van der Waals surface area contributed by atoms with Crippen LogP contribution in [-0.2, 0) is 32.6 Å². The van der Waals surface area contributed by atoms with Gasteiger partial charge in [0.25, 0.3) is 0 Å². The predicted octanol–water partition coefficient (Wildman–Crippen LogP) is 5.37. The second-order valence-corrected chi connectivity index (χ2v) is 11.2. The number of hydrogen-bond donors (Lipinski definition) is 0. The first-order valence-corrected chi connectivity index (χ1v) is 13.7. The van der Waals surface area contributed by atoms with Gasteiger partial charge < -0.3 is 4.74 Å². The third-order valence-electron chi connectivity index (χ3n) is 6.10. The highest BCUT2D eigenvalue weighted by atomic mass is 32.2. The van der Waals surface area contributed by atoms with Crippen LogP contribution in [-0.4, -0.2) is 30.2 Å². The topological polar surface area (TPSA) is 76.6 Å². The largest absolute Gasteiger partial charge is 0.459 e. The van der Waals surface area contributed by atoms with Crippen LogP contribution in [0, 0.1) is 5.82 Å². The summed E-state index contributed by atoms with van der Waals surface area (Å²) in [7, 11) is -3.96. The number of nitrogens with zero attached hydrogens (tertiary/aromatic N) is 2. The molecule has 3 aromatic carbocycles. The zero-order valence-corrected chi connectivity index (χ0v) is 20.8. The average Bonchev–Trinajstić information content (AvgIpc) is 3.37. The minimum atomic E-state index is -3.96. The van der Waals surface area contributed by atoms with Crippen molar-refractivity contribution in [1.29, 1.82) is 0 Å². The molecule has 0 fully saturated rings. The van der Waals surface area contributed by atoms with Gasteiger partial charge in [-0.25, -0.2) is 17.8 Å². The van der Waals surface area contributed by atoms with E-state index in [-0.39, 0.29) is 24.5 Å². The van der Waals surface area contributed by atoms with Crippen LogP contribution in [0.1, 0.15) is 29.3 Å². The number of ether oxygens (including phenoxy) is 1. The molecule has 0 amide bonds. The first-order valence-electron chi connectivity index (χ1n) is 11.4. The smallest absolute Gasteiger partial charge is 0.308 e. The number of hydrogen-bond acceptors (Lipinski definition) is 6. The lowest BCUT2D eigenvalue weighted by Gasteiger charge is -2.36. The lowest BCUT2D eigenvalue weighted by atomic mass is 9.92. The highest BCUT2D eigenvalue weighted by Crippen LogP contribution is 2.36. The van der Waals surface area contributed by atoms with Gasteiger partial charge in [0, 0.05) is 17.5 Å². The number of sulfonamides is 1. The molecule has 1 atom stereocenters. The van der Waals surface area contributed by atoms with Crippen molar-refractivity contribution >= 4 is 27.3 Å². The zero-order valence-electron chi connectivity index (χ0n) is 19.2. The summed E-state index contributed by atoms with van der Waals surface area (Å²) in [6.45, 7) is 0.211. The lowest BCUT2D eigenvalue weighted by molar-refractivity contribution is -0.146. The van der Waals surface area contributed by atoms with Gasteiger partial charge in [-0.3, -0.25) is 4.79 Å². The molecule has 36 heavy (non-hydrogen) atoms. The van der Waals surface area contributed by atoms with E-state index in [0.29, 0.717) is 12.1 Å². The number of carbonyl (C=O) groups excluding carboxylic acids is 1. The molecule has 1 aromatic heterocycles. The number of benzene rings is 3. The Morgan fingerprint density at radius 1 is 1.03 bits per heavy atom. The van der Waals surface area contributed by atoms with Crippen molar-refractivity contribution in [3.63, 3.8) is 0 Å². The monoisotopic (exact) mass is 522 g/mol. The van der Waals surface area contributed by atoms with E-state index in [0.717, 1.165) is 33.8 Å². The number of aromatic nitrogens is 1. The maximum atomic E-state index is 13.5. The summed E-state index contributed by atoms with van der Waals surface area (Å²) in [5, 5.41) is 2.68. The van der Waals surface area contributed by atoms with E-state index in [9.17, 15) is 17.6 Å². The Morgan fingerprint density at radius 2 is 1.75 bits per heavy atom. The normalized spacial score (nSPS) is 15.9. The molecule has 6 nitrogen and oxygen atoms in total. The van der Waals surface area contributed by atoms with Crippen LogP contribution in [0.25, 0.3) is 10.6 Å². The van der Waals surface area contributed by atoms with Crippen LogP contribution >= 0.6 is 11.3 Å². The molecule has 0 saturated carbocycles. The average molecular weight is 523 g/mol. The van der Waals surface area contributed by atoms with E-state index in [4.69, 9.17) is 4.74 Å². The van der Waals surface area contributed by atoms with Gasteiger partial charge in [-0.1, -0.05) is 54.6 Å². The second-order valence-electron chi connectivity index (χ2n) is 8.41. The van der Waals surface area contributed by atoms with Gasteiger partial charge >= 0.3 is 5.97 Å². The van der Waals surface area contributed by atoms with Gasteiger partial charge in [0.1, 0.15) is 17.4 Å². The number of rotatable bonds is 7. The summed E-state index contributed by atoms with van der Waals surface area (Å²) in [5.41, 5.74) is 3.38. The molecule has 1 aliphatic rings. The molecule has 1 aliphatic heterocycles. The Morgan fingerprint density at radius 3 is 2.53 bits per heavy atom. The molecule has 0 aliphatic carbocycles. The van der Waals surface area contributed by atoms with Crippen LogP contribution in [0.3, 0.4) is 0 Å². The molecule has 4 aromatic rings. The van der Waals surface area contributed by atoms with Crippen LogP contribution in [0.4, 0.5) is 4.39 Å². The fourth-order valence-corrected chi connectivity index (χ4v) is 6.74. The maximum Gasteiger partial charge on any atom is 0.308 e. The summed E-state index contributed by atoms with van der Waals surface area (Å²) in [6.07, 6.45) is 0.371. The number of carbonyl (C=O) groups is 1. The Balaban J connectivity index is 1.34. The molecule has 0 N–H and O–H groups in total. The molecule has 0 spiro atoms. The first-order chi connectivity index (χ1) is 17.4. The summed E-state index contributed by atoms with van der Waals surface area (Å²) in [6, 6.07) is 21.2. The van der Waals surface area contributed by atoms with E-state index in [1.165, 1.54) is 27.8 Å². The molecule has 0 bridgehead atoms. The zero-order chi connectivity index (χ0) is 25.1. The standard InChI is InChI=1S/C27H23FN2O4S2/c28-21-10-12-23(13-11-21)36(32,33)30-15-14-19-6-4-5-9-24(19)25(30)16-26(31)34-17-22-18-35-27(29-22)20-7-2-1-3-8-20/h1-13,18,25H,14-17H2. The number of fused-ring (bicyclic) bond motifs is 1. The van der Waals surface area contributed by atoms with Crippen molar-refractivity contribution in [2.24, 2.45) is 0 Å². The van der Waals surface area contributed by atoms with Crippen molar-refractivity contribution < 1.29 is 22.3 Å². The van der Waals surface area contributed by atoms with E-state index in [2.05, 4.69) is 4.98 Å². The van der Waals surface area contributed by atoms with E-state index >= 15 is 0 Å². The summed E-state index contributed by atoms with van der Waals surface area (Å²) in [4.78, 5) is 17.4. The summed E-state index contributed by atoms with van der Waals surface area (Å²) < 4.78 is 47.2. The minimum Gasteiger partial charge on any atom is -0.459 e. The molecular formula is C27H23FN2O4S2. The van der Waals surface area contributed by atoms with Gasteiger partial charge in [0.15, 0.2) is 0 Å². The Kier molecular flexibility index (Phi) is 6.95. The van der Waals surface area contributed by atoms with Gasteiger partial charge in [0.2, 0.25) is 10.0 Å². The molecule has 0 radical (unpaired) electrons. The van der Waals surface area contributed by atoms with Crippen LogP contribution in [0.5, 0.6) is 0 Å². The molecule has 0 saturated heterocycles. The third-order valence-corrected chi connectivity index (χ3v) is 8.96.